The second-order valence-corrected chi connectivity index (χ2v) is 6.39. The van der Waals surface area contributed by atoms with Crippen LogP contribution in [-0.2, 0) is 0 Å². The zero-order valence-electron chi connectivity index (χ0n) is 17.0. The topological polar surface area (TPSA) is 69.2 Å². The van der Waals surface area contributed by atoms with Gasteiger partial charge in [0.2, 0.25) is 5.75 Å². The van der Waals surface area contributed by atoms with E-state index in [2.05, 4.69) is 38.2 Å². The van der Waals surface area contributed by atoms with E-state index >= 15 is 0 Å². The third kappa shape index (κ3) is 5.93. The molecule has 0 unspecified atom stereocenters. The summed E-state index contributed by atoms with van der Waals surface area (Å²) in [6.07, 6.45) is 0. The maximum Gasteiger partial charge on any atom is 0.271 e. The van der Waals surface area contributed by atoms with Gasteiger partial charge in [-0.3, -0.25) is 4.79 Å². The Morgan fingerprint density at radius 3 is 1.77 bits per heavy atom. The van der Waals surface area contributed by atoms with Crippen LogP contribution in [0.25, 0.3) is 0 Å². The van der Waals surface area contributed by atoms with Gasteiger partial charge in [0.1, 0.15) is 0 Å². The zero-order valence-corrected chi connectivity index (χ0v) is 17.0. The first-order valence-electron chi connectivity index (χ1n) is 9.29. The van der Waals surface area contributed by atoms with Gasteiger partial charge < -0.3 is 14.2 Å². The van der Waals surface area contributed by atoms with Gasteiger partial charge in [-0.2, -0.15) is 5.10 Å². The molecule has 0 aliphatic heterocycles. The molecule has 0 atom stereocenters. The number of ether oxygens (including phenoxy) is 3. The normalized spacial score (nSPS) is 10.7. The van der Waals surface area contributed by atoms with Gasteiger partial charge in [-0.05, 0) is 44.7 Å². The third-order valence-electron chi connectivity index (χ3n) is 3.64. The molecule has 6 heteroatoms. The molecule has 0 spiro atoms. The van der Waals surface area contributed by atoms with Gasteiger partial charge in [-0.25, -0.2) is 5.43 Å². The maximum absolute atomic E-state index is 12.6. The summed E-state index contributed by atoms with van der Waals surface area (Å²) in [6, 6.07) is 3.32. The number of amides is 1. The van der Waals surface area contributed by atoms with Crippen LogP contribution in [0.15, 0.2) is 17.2 Å². The molecule has 6 nitrogen and oxygen atoms in total. The lowest BCUT2D eigenvalue weighted by Crippen LogP contribution is -2.24. The number of carbonyl (C=O) groups excluding carboxylic acids is 1. The van der Waals surface area contributed by atoms with Crippen LogP contribution in [0.3, 0.4) is 0 Å². The van der Waals surface area contributed by atoms with Crippen LogP contribution in [0.5, 0.6) is 17.2 Å². The molecule has 1 aromatic carbocycles. The molecule has 0 heterocycles. The van der Waals surface area contributed by atoms with Crippen molar-refractivity contribution in [2.75, 3.05) is 19.8 Å². The molecule has 26 heavy (non-hydrogen) atoms. The van der Waals surface area contributed by atoms with E-state index in [1.165, 1.54) is 0 Å². The molecule has 0 fully saturated rings. The minimum atomic E-state index is -0.311. The van der Waals surface area contributed by atoms with Crippen LogP contribution < -0.4 is 19.6 Å². The van der Waals surface area contributed by atoms with Crippen molar-refractivity contribution >= 4 is 11.6 Å². The van der Waals surface area contributed by atoms with E-state index in [1.807, 2.05) is 20.8 Å². The van der Waals surface area contributed by atoms with Gasteiger partial charge >= 0.3 is 0 Å². The van der Waals surface area contributed by atoms with Crippen LogP contribution in [0.2, 0.25) is 0 Å². The molecular weight excluding hydrogens is 332 g/mol. The van der Waals surface area contributed by atoms with Crippen LogP contribution in [0.1, 0.15) is 58.8 Å². The number of hydrogen-bond acceptors (Lipinski definition) is 5. The first-order valence-corrected chi connectivity index (χ1v) is 9.29. The zero-order chi connectivity index (χ0) is 19.7. The van der Waals surface area contributed by atoms with Crippen molar-refractivity contribution in [2.24, 2.45) is 16.9 Å². The lowest BCUT2D eigenvalue weighted by molar-refractivity contribution is 0.0953. The number of hydrazone groups is 1. The van der Waals surface area contributed by atoms with Gasteiger partial charge in [0, 0.05) is 11.3 Å². The first kappa shape index (κ1) is 21.8. The van der Waals surface area contributed by atoms with E-state index in [0.29, 0.717) is 42.6 Å². The number of nitrogens with one attached hydrogen (secondary N) is 1. The molecule has 0 aliphatic rings. The third-order valence-corrected chi connectivity index (χ3v) is 3.64. The highest BCUT2D eigenvalue weighted by Crippen LogP contribution is 2.39. The molecule has 0 saturated heterocycles. The van der Waals surface area contributed by atoms with Crippen LogP contribution >= 0.6 is 0 Å². The number of carbonyl (C=O) groups is 1. The van der Waals surface area contributed by atoms with Crippen LogP contribution in [-0.4, -0.2) is 31.4 Å². The van der Waals surface area contributed by atoms with Gasteiger partial charge in [-0.1, -0.05) is 27.7 Å². The fourth-order valence-electron chi connectivity index (χ4n) is 2.62. The number of rotatable bonds is 10. The van der Waals surface area contributed by atoms with Gasteiger partial charge in [0.15, 0.2) is 11.5 Å². The van der Waals surface area contributed by atoms with E-state index in [4.69, 9.17) is 14.2 Å². The molecule has 1 N–H and O–H groups in total. The molecule has 0 aromatic heterocycles. The van der Waals surface area contributed by atoms with Crippen molar-refractivity contribution in [1.82, 2.24) is 5.43 Å². The molecule has 1 amide bonds. The van der Waals surface area contributed by atoms with Crippen molar-refractivity contribution < 1.29 is 19.0 Å². The van der Waals surface area contributed by atoms with E-state index in [0.717, 1.165) is 5.71 Å². The van der Waals surface area contributed by atoms with Crippen LogP contribution in [0, 0.1) is 11.8 Å². The van der Waals surface area contributed by atoms with E-state index in [1.54, 1.807) is 12.1 Å². The van der Waals surface area contributed by atoms with E-state index in [-0.39, 0.29) is 17.7 Å². The summed E-state index contributed by atoms with van der Waals surface area (Å²) in [6.45, 7) is 15.3. The second-order valence-electron chi connectivity index (χ2n) is 6.39. The Kier molecular flexibility index (Phi) is 8.96. The predicted octanol–water partition coefficient (Wildman–Crippen LogP) is 4.28. The standard InChI is InChI=1S/C20H32N2O4/c1-8-24-16-11-15(12-17(25-9-2)19(16)26-10-3)20(23)22-21-18(13(4)5)14(6)7/h11-14H,8-10H2,1-7H3,(H,22,23). The SMILES string of the molecule is CCOc1cc(C(=O)NN=C(C(C)C)C(C)C)cc(OCC)c1OCC. The summed E-state index contributed by atoms with van der Waals surface area (Å²) in [5.74, 6) is 1.70. The fraction of sp³-hybridized carbons (Fsp3) is 0.600. The summed E-state index contributed by atoms with van der Waals surface area (Å²) in [5, 5.41) is 4.31. The molecule has 0 radical (unpaired) electrons. The first-order chi connectivity index (χ1) is 12.3. The number of hydrogen-bond donors (Lipinski definition) is 1. The molecular formula is C20H32N2O4. The summed E-state index contributed by atoms with van der Waals surface area (Å²) >= 11 is 0. The van der Waals surface area contributed by atoms with E-state index in [9.17, 15) is 4.79 Å². The van der Waals surface area contributed by atoms with Crippen molar-refractivity contribution in [3.63, 3.8) is 0 Å². The van der Waals surface area contributed by atoms with Crippen molar-refractivity contribution in [3.8, 4) is 17.2 Å². The maximum atomic E-state index is 12.6. The highest BCUT2D eigenvalue weighted by molar-refractivity contribution is 5.97. The molecule has 1 aromatic rings. The Morgan fingerprint density at radius 1 is 0.923 bits per heavy atom. The van der Waals surface area contributed by atoms with Gasteiger partial charge in [0.25, 0.3) is 5.91 Å². The monoisotopic (exact) mass is 364 g/mol. The Hall–Kier alpha value is -2.24. The molecule has 146 valence electrons. The minimum Gasteiger partial charge on any atom is -0.490 e. The predicted molar refractivity (Wildman–Crippen MR) is 105 cm³/mol. The highest BCUT2D eigenvalue weighted by atomic mass is 16.5. The average Bonchev–Trinajstić information content (AvgIpc) is 2.57. The quantitative estimate of drug-likeness (QED) is 0.497. The minimum absolute atomic E-state index is 0.258. The Balaban J connectivity index is 3.21. The lowest BCUT2D eigenvalue weighted by atomic mass is 9.98. The average molecular weight is 364 g/mol. The molecule has 0 aliphatic carbocycles. The summed E-state index contributed by atoms with van der Waals surface area (Å²) in [4.78, 5) is 12.6. The molecule has 1 rings (SSSR count). The number of nitrogens with zero attached hydrogens (tertiary/aromatic N) is 1. The van der Waals surface area contributed by atoms with Crippen molar-refractivity contribution in [3.05, 3.63) is 17.7 Å². The molecule has 0 bridgehead atoms. The lowest BCUT2D eigenvalue weighted by Gasteiger charge is -2.17. The highest BCUT2D eigenvalue weighted by Gasteiger charge is 2.19. The molecule has 0 saturated carbocycles. The second kappa shape index (κ2) is 10.7. The summed E-state index contributed by atoms with van der Waals surface area (Å²) in [5.41, 5.74) is 4.01. The Bertz CT molecular complexity index is 587. The Morgan fingerprint density at radius 2 is 1.38 bits per heavy atom. The largest absolute Gasteiger partial charge is 0.490 e. The van der Waals surface area contributed by atoms with Crippen LogP contribution in [0.4, 0.5) is 0 Å². The number of benzene rings is 1. The van der Waals surface area contributed by atoms with Crippen molar-refractivity contribution in [1.29, 1.82) is 0 Å². The summed E-state index contributed by atoms with van der Waals surface area (Å²) < 4.78 is 17.0. The van der Waals surface area contributed by atoms with Gasteiger partial charge in [-0.15, -0.1) is 0 Å². The van der Waals surface area contributed by atoms with Crippen molar-refractivity contribution in [2.45, 2.75) is 48.5 Å². The summed E-state index contributed by atoms with van der Waals surface area (Å²) in [7, 11) is 0. The van der Waals surface area contributed by atoms with E-state index < -0.39 is 0 Å². The van der Waals surface area contributed by atoms with Gasteiger partial charge in [0.05, 0.1) is 19.8 Å². The smallest absolute Gasteiger partial charge is 0.271 e. The Labute approximate surface area is 156 Å². The fourth-order valence-corrected chi connectivity index (χ4v) is 2.62.